The van der Waals surface area contributed by atoms with Crippen molar-refractivity contribution in [1.82, 2.24) is 5.32 Å². The molecule has 0 bridgehead atoms. The average molecular weight is 278 g/mol. The number of nitrogens with one attached hydrogen (secondary N) is 2. The van der Waals surface area contributed by atoms with Crippen molar-refractivity contribution in [1.29, 1.82) is 0 Å². The van der Waals surface area contributed by atoms with Crippen molar-refractivity contribution in [2.45, 2.75) is 46.8 Å². The smallest absolute Gasteiger partial charge is 0.251 e. The second-order valence-electron chi connectivity index (χ2n) is 5.71. The molecule has 112 valence electrons. The molecule has 0 aromatic heterocycles. The van der Waals surface area contributed by atoms with Gasteiger partial charge in [-0.1, -0.05) is 19.9 Å². The Kier molecular flexibility index (Phi) is 6.02. The van der Waals surface area contributed by atoms with Crippen molar-refractivity contribution in [3.8, 4) is 0 Å². The Morgan fingerprint density at radius 1 is 1.25 bits per heavy atom. The first-order valence-corrected chi connectivity index (χ1v) is 7.15. The predicted octanol–water partition coefficient (Wildman–Crippen LogP) is 2.56. The molecule has 0 fully saturated rings. The Balaban J connectivity index is 2.86. The molecule has 1 rings (SSSR count). The quantitative estimate of drug-likeness (QED) is 0.749. The highest BCUT2D eigenvalue weighted by atomic mass is 16.3. The topological polar surface area (TPSA) is 61.4 Å². The van der Waals surface area contributed by atoms with Crippen molar-refractivity contribution in [2.75, 3.05) is 11.9 Å². The molecule has 0 aliphatic carbocycles. The summed E-state index contributed by atoms with van der Waals surface area (Å²) in [6, 6.07) is 6.00. The van der Waals surface area contributed by atoms with Gasteiger partial charge in [-0.05, 0) is 44.4 Å². The van der Waals surface area contributed by atoms with Crippen LogP contribution in [0.2, 0.25) is 0 Å². The van der Waals surface area contributed by atoms with Crippen LogP contribution in [0, 0.1) is 12.8 Å². The van der Waals surface area contributed by atoms with Crippen molar-refractivity contribution in [3.63, 3.8) is 0 Å². The number of benzene rings is 1. The minimum absolute atomic E-state index is 0.149. The summed E-state index contributed by atoms with van der Waals surface area (Å²) in [5.74, 6) is 0.367. The number of hydrogen-bond acceptors (Lipinski definition) is 3. The molecule has 0 saturated heterocycles. The van der Waals surface area contributed by atoms with E-state index in [4.69, 9.17) is 0 Å². The van der Waals surface area contributed by atoms with E-state index in [1.807, 2.05) is 19.1 Å². The van der Waals surface area contributed by atoms with Crippen LogP contribution in [0.1, 0.15) is 43.6 Å². The number of amides is 1. The van der Waals surface area contributed by atoms with Crippen LogP contribution in [0.3, 0.4) is 0 Å². The van der Waals surface area contributed by atoms with E-state index in [0.29, 0.717) is 17.5 Å². The van der Waals surface area contributed by atoms with Crippen LogP contribution in [0.4, 0.5) is 5.69 Å². The summed E-state index contributed by atoms with van der Waals surface area (Å²) >= 11 is 0. The molecule has 20 heavy (non-hydrogen) atoms. The molecule has 0 aliphatic heterocycles. The van der Waals surface area contributed by atoms with Gasteiger partial charge in [-0.2, -0.15) is 0 Å². The zero-order valence-electron chi connectivity index (χ0n) is 13.0. The molecule has 0 aliphatic rings. The lowest BCUT2D eigenvalue weighted by Gasteiger charge is -2.21. The van der Waals surface area contributed by atoms with Crippen LogP contribution in [0.25, 0.3) is 0 Å². The van der Waals surface area contributed by atoms with E-state index < -0.39 is 6.10 Å². The van der Waals surface area contributed by atoms with Crippen molar-refractivity contribution < 1.29 is 9.90 Å². The summed E-state index contributed by atoms with van der Waals surface area (Å²) in [4.78, 5) is 12.1. The molecule has 0 spiro atoms. The van der Waals surface area contributed by atoms with Crippen molar-refractivity contribution in [2.24, 2.45) is 5.92 Å². The van der Waals surface area contributed by atoms with E-state index in [9.17, 15) is 9.90 Å². The lowest BCUT2D eigenvalue weighted by Crippen LogP contribution is -2.31. The first-order chi connectivity index (χ1) is 9.32. The van der Waals surface area contributed by atoms with E-state index >= 15 is 0 Å². The standard InChI is InChI=1S/C16H26N2O2/c1-10(2)13(5)18-15-8-6-7-14(12(15)4)16(20)17-9-11(3)19/h6-8,10-11,13,18-19H,9H2,1-5H3,(H,17,20). The molecule has 1 amide bonds. The van der Waals surface area contributed by atoms with Crippen LogP contribution < -0.4 is 10.6 Å². The molecule has 4 nitrogen and oxygen atoms in total. The van der Waals surface area contributed by atoms with E-state index in [0.717, 1.165) is 11.3 Å². The highest BCUT2D eigenvalue weighted by Crippen LogP contribution is 2.21. The normalized spacial score (nSPS) is 13.9. The number of anilines is 1. The molecule has 0 radical (unpaired) electrons. The summed E-state index contributed by atoms with van der Waals surface area (Å²) in [6.07, 6.45) is -0.540. The van der Waals surface area contributed by atoms with Crippen molar-refractivity contribution in [3.05, 3.63) is 29.3 Å². The van der Waals surface area contributed by atoms with E-state index in [1.165, 1.54) is 0 Å². The SMILES string of the molecule is Cc1c(NC(C)C(C)C)cccc1C(=O)NCC(C)O. The van der Waals surface area contributed by atoms with Crippen LogP contribution >= 0.6 is 0 Å². The van der Waals surface area contributed by atoms with Gasteiger partial charge in [-0.15, -0.1) is 0 Å². The number of carbonyl (C=O) groups excluding carboxylic acids is 1. The Hall–Kier alpha value is -1.55. The first kappa shape index (κ1) is 16.5. The fraction of sp³-hybridized carbons (Fsp3) is 0.562. The summed E-state index contributed by atoms with van der Waals surface area (Å²) in [6.45, 7) is 10.3. The van der Waals surface area contributed by atoms with Gasteiger partial charge in [0.05, 0.1) is 6.10 Å². The summed E-state index contributed by atoms with van der Waals surface area (Å²) in [5, 5.41) is 15.4. The molecule has 0 heterocycles. The van der Waals surface area contributed by atoms with Gasteiger partial charge in [0.2, 0.25) is 0 Å². The maximum Gasteiger partial charge on any atom is 0.251 e. The van der Waals surface area contributed by atoms with Crippen LogP contribution in [-0.4, -0.2) is 29.7 Å². The van der Waals surface area contributed by atoms with Gasteiger partial charge < -0.3 is 15.7 Å². The van der Waals surface area contributed by atoms with Gasteiger partial charge in [0.15, 0.2) is 0 Å². The highest BCUT2D eigenvalue weighted by Gasteiger charge is 2.14. The maximum atomic E-state index is 12.1. The molecule has 4 heteroatoms. The predicted molar refractivity (Wildman–Crippen MR) is 83.1 cm³/mol. The number of rotatable bonds is 6. The average Bonchev–Trinajstić information content (AvgIpc) is 2.38. The molecule has 0 saturated carbocycles. The Morgan fingerprint density at radius 2 is 1.90 bits per heavy atom. The van der Waals surface area contributed by atoms with Gasteiger partial charge >= 0.3 is 0 Å². The third kappa shape index (κ3) is 4.53. The third-order valence-electron chi connectivity index (χ3n) is 3.52. The molecular formula is C16H26N2O2. The van der Waals surface area contributed by atoms with Crippen molar-refractivity contribution >= 4 is 11.6 Å². The molecule has 2 atom stereocenters. The van der Waals surface area contributed by atoms with Gasteiger partial charge in [0.1, 0.15) is 0 Å². The lowest BCUT2D eigenvalue weighted by molar-refractivity contribution is 0.0923. The number of aliphatic hydroxyl groups excluding tert-OH is 1. The Labute approximate surface area is 121 Å². The number of aliphatic hydroxyl groups is 1. The zero-order chi connectivity index (χ0) is 15.3. The summed E-state index contributed by atoms with van der Waals surface area (Å²) in [7, 11) is 0. The fourth-order valence-corrected chi connectivity index (χ4v) is 1.79. The molecule has 3 N–H and O–H groups in total. The summed E-state index contributed by atoms with van der Waals surface area (Å²) < 4.78 is 0. The molecule has 1 aromatic carbocycles. The second kappa shape index (κ2) is 7.29. The van der Waals surface area contributed by atoms with Gasteiger partial charge in [0, 0.05) is 23.8 Å². The van der Waals surface area contributed by atoms with Crippen LogP contribution in [0.5, 0.6) is 0 Å². The zero-order valence-corrected chi connectivity index (χ0v) is 13.0. The summed E-state index contributed by atoms with van der Waals surface area (Å²) in [5.41, 5.74) is 2.56. The molecular weight excluding hydrogens is 252 g/mol. The van der Waals surface area contributed by atoms with E-state index in [1.54, 1.807) is 13.0 Å². The van der Waals surface area contributed by atoms with Crippen LogP contribution in [-0.2, 0) is 0 Å². The lowest BCUT2D eigenvalue weighted by atomic mass is 10.0. The Morgan fingerprint density at radius 3 is 2.45 bits per heavy atom. The van der Waals surface area contributed by atoms with E-state index in [-0.39, 0.29) is 12.5 Å². The third-order valence-corrected chi connectivity index (χ3v) is 3.52. The minimum atomic E-state index is -0.540. The minimum Gasteiger partial charge on any atom is -0.392 e. The van der Waals surface area contributed by atoms with Gasteiger partial charge in [-0.25, -0.2) is 0 Å². The fourth-order valence-electron chi connectivity index (χ4n) is 1.79. The largest absolute Gasteiger partial charge is 0.392 e. The monoisotopic (exact) mass is 278 g/mol. The molecule has 1 aromatic rings. The highest BCUT2D eigenvalue weighted by molar-refractivity contribution is 5.97. The van der Waals surface area contributed by atoms with Gasteiger partial charge in [-0.3, -0.25) is 4.79 Å². The second-order valence-corrected chi connectivity index (χ2v) is 5.71. The van der Waals surface area contributed by atoms with Gasteiger partial charge in [0.25, 0.3) is 5.91 Å². The Bertz CT molecular complexity index is 456. The number of hydrogen-bond donors (Lipinski definition) is 3. The first-order valence-electron chi connectivity index (χ1n) is 7.15. The van der Waals surface area contributed by atoms with Crippen LogP contribution in [0.15, 0.2) is 18.2 Å². The maximum absolute atomic E-state index is 12.1. The number of carbonyl (C=O) groups is 1. The molecule has 2 unspecified atom stereocenters. The van der Waals surface area contributed by atoms with E-state index in [2.05, 4.69) is 31.4 Å².